The molecule has 0 unspecified atom stereocenters. The minimum Gasteiger partial charge on any atom is -0.311 e. The monoisotopic (exact) mass is 1150 g/mol. The fourth-order valence-corrected chi connectivity index (χ4v) is 16.5. The van der Waals surface area contributed by atoms with Crippen LogP contribution in [-0.4, -0.2) is 6.71 Å². The van der Waals surface area contributed by atoms with Crippen molar-refractivity contribution in [2.24, 2.45) is 0 Å². The van der Waals surface area contributed by atoms with Gasteiger partial charge in [0.25, 0.3) is 6.71 Å². The van der Waals surface area contributed by atoms with E-state index in [9.17, 15) is 4.11 Å². The van der Waals surface area contributed by atoms with E-state index in [1.807, 2.05) is 11.3 Å². The van der Waals surface area contributed by atoms with Gasteiger partial charge in [-0.05, 0) is 221 Å². The fourth-order valence-electron chi connectivity index (χ4n) is 15.2. The molecule has 0 saturated carbocycles. The summed E-state index contributed by atoms with van der Waals surface area (Å²) in [6, 6.07) is 54.0. The molecule has 9 aromatic rings. The Labute approximate surface area is 525 Å². The highest BCUT2D eigenvalue weighted by Gasteiger charge is 2.48. The Morgan fingerprint density at radius 3 is 1.48 bits per heavy atom. The second kappa shape index (κ2) is 19.2. The Morgan fingerprint density at radius 2 is 0.930 bits per heavy atom. The molecule has 0 bridgehead atoms. The van der Waals surface area contributed by atoms with E-state index in [4.69, 9.17) is 0 Å². The van der Waals surface area contributed by atoms with Gasteiger partial charge in [-0.3, -0.25) is 0 Å². The van der Waals surface area contributed by atoms with Gasteiger partial charge in [-0.25, -0.2) is 0 Å². The van der Waals surface area contributed by atoms with Crippen molar-refractivity contribution >= 4 is 106 Å². The Balaban J connectivity index is 1.18. The van der Waals surface area contributed by atoms with Crippen molar-refractivity contribution < 1.29 is 4.11 Å². The lowest BCUT2D eigenvalue weighted by molar-refractivity contribution is 0.332. The summed E-state index contributed by atoms with van der Waals surface area (Å²) in [4.78, 5) is 7.44. The molecule has 0 radical (unpaired) electrons. The summed E-state index contributed by atoms with van der Waals surface area (Å²) in [5.41, 5.74) is 23.5. The molecule has 0 saturated heterocycles. The molecule has 8 aromatic carbocycles. The molecule has 2 aliphatic carbocycles. The number of nitrogens with zero attached hydrogens (tertiary/aromatic N) is 3. The van der Waals surface area contributed by atoms with Crippen LogP contribution >= 0.6 is 11.3 Å². The summed E-state index contributed by atoms with van der Waals surface area (Å²) in [5.74, 6) is 0. The Kier molecular flexibility index (Phi) is 12.3. The molecular weight excluding hydrogens is 1060 g/mol. The first-order chi connectivity index (χ1) is 41.2. The molecule has 3 heterocycles. The molecule has 0 atom stereocenters. The van der Waals surface area contributed by atoms with E-state index in [2.05, 4.69) is 293 Å². The second-order valence-corrected chi connectivity index (χ2v) is 34.1. The van der Waals surface area contributed by atoms with Gasteiger partial charge in [0.2, 0.25) is 0 Å². The van der Waals surface area contributed by atoms with E-state index in [-0.39, 0.29) is 50.0 Å². The van der Waals surface area contributed by atoms with Crippen molar-refractivity contribution in [3.05, 3.63) is 190 Å². The number of hydrogen-bond acceptors (Lipinski definition) is 4. The maximum atomic E-state index is 9.55. The van der Waals surface area contributed by atoms with E-state index in [1.54, 1.807) is 0 Å². The normalized spacial score (nSPS) is 18.1. The van der Waals surface area contributed by atoms with E-state index < -0.39 is 6.85 Å². The van der Waals surface area contributed by atoms with E-state index >= 15 is 0 Å². The van der Waals surface area contributed by atoms with Gasteiger partial charge in [0.05, 0.1) is 10.4 Å². The molecule has 0 amide bonds. The van der Waals surface area contributed by atoms with Crippen LogP contribution in [0.5, 0.6) is 0 Å². The highest BCUT2D eigenvalue weighted by molar-refractivity contribution is 7.26. The van der Waals surface area contributed by atoms with Gasteiger partial charge in [-0.15, -0.1) is 11.3 Å². The minimum atomic E-state index is -2.44. The minimum absolute atomic E-state index is 0.0164. The average molecular weight is 1160 g/mol. The smallest absolute Gasteiger partial charge is 0.252 e. The van der Waals surface area contributed by atoms with Crippen LogP contribution in [0.15, 0.2) is 140 Å². The van der Waals surface area contributed by atoms with Crippen molar-refractivity contribution in [3.63, 3.8) is 0 Å². The maximum absolute atomic E-state index is 9.55. The molecule has 0 N–H and O–H groups in total. The third kappa shape index (κ3) is 9.40. The number of anilines is 9. The second-order valence-electron chi connectivity index (χ2n) is 33.1. The van der Waals surface area contributed by atoms with Crippen molar-refractivity contribution in [2.45, 2.75) is 214 Å². The van der Waals surface area contributed by atoms with E-state index in [1.165, 1.54) is 75.6 Å². The van der Waals surface area contributed by atoms with Crippen LogP contribution in [-0.2, 0) is 43.3 Å². The molecule has 0 fully saturated rings. The molecule has 1 aromatic heterocycles. The highest BCUT2D eigenvalue weighted by Crippen LogP contribution is 2.55. The van der Waals surface area contributed by atoms with Crippen LogP contribution in [0.3, 0.4) is 0 Å². The molecule has 86 heavy (non-hydrogen) atoms. The number of rotatable bonds is 5. The lowest BCUT2D eigenvalue weighted by Crippen LogP contribution is -2.62. The van der Waals surface area contributed by atoms with Crippen molar-refractivity contribution in [1.29, 1.82) is 0 Å². The third-order valence-corrected chi connectivity index (χ3v) is 22.1. The summed E-state index contributed by atoms with van der Waals surface area (Å²) in [5, 5.41) is 2.52. The van der Waals surface area contributed by atoms with Crippen LogP contribution in [0.2, 0.25) is 0 Å². The first-order valence-corrected chi connectivity index (χ1v) is 32.8. The van der Waals surface area contributed by atoms with Gasteiger partial charge in [-0.2, -0.15) is 0 Å². The molecule has 5 heteroatoms. The predicted molar refractivity (Wildman–Crippen MR) is 378 cm³/mol. The van der Waals surface area contributed by atoms with Crippen LogP contribution in [0, 0.1) is 6.85 Å². The number of thiophene rings is 1. The molecule has 2 aliphatic heterocycles. The summed E-state index contributed by atoms with van der Waals surface area (Å²) in [6.45, 7) is 44.3. The van der Waals surface area contributed by atoms with Crippen LogP contribution < -0.4 is 31.1 Å². The lowest BCUT2D eigenvalue weighted by atomic mass is 9.33. The van der Waals surface area contributed by atoms with Gasteiger partial charge in [0.1, 0.15) is 0 Å². The molecule has 3 nitrogen and oxygen atoms in total. The standard InChI is InChI=1S/C81H94BN3S/c1-49-42-68-72-69(43-49)85(65-37-35-59(77(11,12)13)71-57-33-26-52(76(8,9)10)44-70(57)86-73(65)71)66-46-56(83(53-27-22-50(23-28-53)74(2,3)4)54-29-24-51(25-30-54)75(5,6)7)32-36-63(66)82(72)64-47-61-62(81(20,21)41-40-80(61,18)19)48-67(64)84(68)55-31-34-58-60(45-55)79(16,17)39-38-78(58,14)15/h22-37,42-48H,38-41H2,1-21H3/i1D3. The average Bonchev–Trinajstić information content (AvgIpc) is 1.02. The highest BCUT2D eigenvalue weighted by atomic mass is 32.1. The summed E-state index contributed by atoms with van der Waals surface area (Å²) in [6.07, 6.45) is 4.37. The Bertz CT molecular complexity index is 4300. The number of benzene rings is 8. The largest absolute Gasteiger partial charge is 0.311 e. The van der Waals surface area contributed by atoms with Gasteiger partial charge in [0, 0.05) is 65.1 Å². The third-order valence-electron chi connectivity index (χ3n) is 20.9. The first kappa shape index (κ1) is 54.8. The molecular formula is C81H94BN3S. The zero-order chi connectivity index (χ0) is 64.0. The fraction of sp³-hybridized carbons (Fsp3) is 0.407. The van der Waals surface area contributed by atoms with Gasteiger partial charge < -0.3 is 14.7 Å². The Morgan fingerprint density at radius 1 is 0.430 bits per heavy atom. The van der Waals surface area contributed by atoms with E-state index in [0.29, 0.717) is 5.56 Å². The quantitative estimate of drug-likeness (QED) is 0.159. The molecule has 4 aliphatic rings. The SMILES string of the molecule is [2H]C([2H])([2H])c1cc2c3c(c1)N(c1ccc(C(C)(C)C)c4c1sc1cc(C(C)(C)C)ccc14)c1cc(N(c4ccc(C(C)(C)C)cc4)c4ccc(C(C)(C)C)cc4)ccc1B3c1cc3c(cc1N2c1ccc2c(c1)C(C)(C)CCC2(C)C)C(C)(C)CCC3(C)C. The number of fused-ring (bicyclic) bond motifs is 9. The Hall–Kier alpha value is -6.56. The first-order valence-electron chi connectivity index (χ1n) is 33.5. The zero-order valence-electron chi connectivity index (χ0n) is 58.4. The van der Waals surface area contributed by atoms with Crippen LogP contribution in [0.1, 0.15) is 218 Å². The van der Waals surface area contributed by atoms with Crippen LogP contribution in [0.25, 0.3) is 20.2 Å². The number of aryl methyl sites for hydroxylation is 1. The van der Waals surface area contributed by atoms with Gasteiger partial charge in [-0.1, -0.05) is 199 Å². The van der Waals surface area contributed by atoms with Crippen molar-refractivity contribution in [3.8, 4) is 0 Å². The number of hydrogen-bond donors (Lipinski definition) is 0. The van der Waals surface area contributed by atoms with Crippen molar-refractivity contribution in [2.75, 3.05) is 14.7 Å². The van der Waals surface area contributed by atoms with Crippen LogP contribution in [0.4, 0.5) is 51.2 Å². The van der Waals surface area contributed by atoms with E-state index in [0.717, 1.165) is 82.3 Å². The summed E-state index contributed by atoms with van der Waals surface area (Å²) < 4.78 is 31.1. The maximum Gasteiger partial charge on any atom is 0.252 e. The molecule has 442 valence electrons. The van der Waals surface area contributed by atoms with Gasteiger partial charge in [0.15, 0.2) is 0 Å². The van der Waals surface area contributed by atoms with Gasteiger partial charge >= 0.3 is 0 Å². The zero-order valence-corrected chi connectivity index (χ0v) is 56.3. The van der Waals surface area contributed by atoms with Crippen molar-refractivity contribution in [1.82, 2.24) is 0 Å². The molecule has 0 spiro atoms. The molecule has 13 rings (SSSR count). The lowest BCUT2D eigenvalue weighted by Gasteiger charge is -2.48. The summed E-state index contributed by atoms with van der Waals surface area (Å²) >= 11 is 1.88. The predicted octanol–water partition coefficient (Wildman–Crippen LogP) is 21.8. The topological polar surface area (TPSA) is 9.72 Å². The summed E-state index contributed by atoms with van der Waals surface area (Å²) in [7, 11) is 0.